The first-order valence-corrected chi connectivity index (χ1v) is 11.2. The van der Waals surface area contributed by atoms with E-state index in [1.165, 1.54) is 5.56 Å². The Bertz CT molecular complexity index is 672. The van der Waals surface area contributed by atoms with Gasteiger partial charge in [0.1, 0.15) is 12.3 Å². The summed E-state index contributed by atoms with van der Waals surface area (Å²) in [6.45, 7) is 7.67. The van der Waals surface area contributed by atoms with Gasteiger partial charge in [-0.15, -0.1) is 0 Å². The highest BCUT2D eigenvalue weighted by atomic mass is 79.9. The van der Waals surface area contributed by atoms with E-state index in [0.717, 1.165) is 23.7 Å². The lowest BCUT2D eigenvalue weighted by Crippen LogP contribution is -2.58. The first kappa shape index (κ1) is 22.5. The Morgan fingerprint density at radius 1 is 1.24 bits per heavy atom. The molecule has 29 heavy (non-hydrogen) atoms. The molecule has 2 fully saturated rings. The van der Waals surface area contributed by atoms with Gasteiger partial charge in [0, 0.05) is 36.2 Å². The summed E-state index contributed by atoms with van der Waals surface area (Å²) >= 11 is 3.48. The first-order valence-electron chi connectivity index (χ1n) is 10.4. The normalized spacial score (nSPS) is 24.5. The fraction of sp³-hybridized carbons (Fsp3) is 0.682. The van der Waals surface area contributed by atoms with Crippen LogP contribution in [0.25, 0.3) is 0 Å². The summed E-state index contributed by atoms with van der Waals surface area (Å²) in [4.78, 5) is 16.6. The number of benzene rings is 1. The van der Waals surface area contributed by atoms with Gasteiger partial charge in [0.05, 0.1) is 12.7 Å². The van der Waals surface area contributed by atoms with Crippen LogP contribution in [0, 0.1) is 0 Å². The number of morpholine rings is 1. The van der Waals surface area contributed by atoms with Crippen LogP contribution >= 0.6 is 15.9 Å². The molecule has 0 saturated carbocycles. The molecule has 0 bridgehead atoms. The average molecular weight is 471 g/mol. The zero-order valence-corrected chi connectivity index (χ0v) is 19.2. The summed E-state index contributed by atoms with van der Waals surface area (Å²) < 4.78 is 25.6. The number of alkyl halides is 1. The molecule has 0 radical (unpaired) electrons. The van der Waals surface area contributed by atoms with Crippen molar-refractivity contribution >= 4 is 22.0 Å². The molecule has 3 rings (SSSR count). The predicted octanol–water partition coefficient (Wildman–Crippen LogP) is 4.43. The Morgan fingerprint density at radius 3 is 2.48 bits per heavy atom. The minimum absolute atomic E-state index is 0.219. The third-order valence-electron chi connectivity index (χ3n) is 5.55. The molecule has 2 aliphatic rings. The van der Waals surface area contributed by atoms with Gasteiger partial charge in [-0.25, -0.2) is 9.18 Å². The first-order chi connectivity index (χ1) is 13.7. The number of amides is 1. The third kappa shape index (κ3) is 6.40. The van der Waals surface area contributed by atoms with Crippen molar-refractivity contribution in [1.29, 1.82) is 0 Å². The van der Waals surface area contributed by atoms with Crippen molar-refractivity contribution in [1.82, 2.24) is 9.80 Å². The molecule has 0 N–H and O–H groups in total. The molecule has 2 atom stereocenters. The number of rotatable bonds is 4. The van der Waals surface area contributed by atoms with Crippen molar-refractivity contribution < 1.29 is 18.7 Å². The van der Waals surface area contributed by atoms with E-state index in [4.69, 9.17) is 9.47 Å². The smallest absolute Gasteiger partial charge is 0.410 e. The van der Waals surface area contributed by atoms with Gasteiger partial charge in [-0.1, -0.05) is 28.1 Å². The SMILES string of the molecule is CC(C)(C)OC(=O)N1CCC(N2C[C@H](CF)OC[C@@H]2Cc2ccc(Br)cc2)CC1. The summed E-state index contributed by atoms with van der Waals surface area (Å²) in [5, 5.41) is 0. The highest BCUT2D eigenvalue weighted by molar-refractivity contribution is 9.10. The van der Waals surface area contributed by atoms with Crippen molar-refractivity contribution in [3.63, 3.8) is 0 Å². The van der Waals surface area contributed by atoms with E-state index in [-0.39, 0.29) is 18.2 Å². The number of nitrogens with zero attached hydrogens (tertiary/aromatic N) is 2. The zero-order chi connectivity index (χ0) is 21.0. The molecule has 0 unspecified atom stereocenters. The van der Waals surface area contributed by atoms with Crippen molar-refractivity contribution in [2.24, 2.45) is 0 Å². The lowest BCUT2D eigenvalue weighted by Gasteiger charge is -2.46. The van der Waals surface area contributed by atoms with Gasteiger partial charge >= 0.3 is 6.09 Å². The molecule has 2 saturated heterocycles. The van der Waals surface area contributed by atoms with Crippen molar-refractivity contribution in [2.45, 2.75) is 63.8 Å². The van der Waals surface area contributed by atoms with Crippen molar-refractivity contribution in [3.05, 3.63) is 34.3 Å². The minimum Gasteiger partial charge on any atom is -0.444 e. The molecule has 162 valence electrons. The zero-order valence-electron chi connectivity index (χ0n) is 17.6. The molecule has 2 heterocycles. The summed E-state index contributed by atoms with van der Waals surface area (Å²) in [6, 6.07) is 8.88. The molecule has 7 heteroatoms. The van der Waals surface area contributed by atoms with Crippen LogP contribution in [0.3, 0.4) is 0 Å². The van der Waals surface area contributed by atoms with Gasteiger partial charge in [-0.05, 0) is 57.7 Å². The summed E-state index contributed by atoms with van der Waals surface area (Å²) in [5.74, 6) is 0. The van der Waals surface area contributed by atoms with Crippen LogP contribution < -0.4 is 0 Å². The molecule has 0 aliphatic carbocycles. The second kappa shape index (κ2) is 9.75. The third-order valence-corrected chi connectivity index (χ3v) is 6.08. The topological polar surface area (TPSA) is 42.0 Å². The van der Waals surface area contributed by atoms with E-state index in [1.54, 1.807) is 4.90 Å². The van der Waals surface area contributed by atoms with Crippen molar-refractivity contribution in [3.8, 4) is 0 Å². The fourth-order valence-electron chi connectivity index (χ4n) is 4.10. The minimum atomic E-state index is -0.484. The van der Waals surface area contributed by atoms with Gasteiger partial charge in [0.15, 0.2) is 0 Å². The maximum atomic E-state index is 13.3. The molecule has 5 nitrogen and oxygen atoms in total. The maximum Gasteiger partial charge on any atom is 0.410 e. The summed E-state index contributed by atoms with van der Waals surface area (Å²) in [5.41, 5.74) is 0.763. The number of ether oxygens (including phenoxy) is 2. The summed E-state index contributed by atoms with van der Waals surface area (Å²) in [7, 11) is 0. The quantitative estimate of drug-likeness (QED) is 0.652. The van der Waals surface area contributed by atoms with Crippen LogP contribution in [-0.2, 0) is 15.9 Å². The lowest BCUT2D eigenvalue weighted by atomic mass is 9.96. The number of halogens is 2. The Balaban J connectivity index is 1.62. The molecular weight excluding hydrogens is 439 g/mol. The Hall–Kier alpha value is -1.18. The molecule has 0 aromatic heterocycles. The second-order valence-electron chi connectivity index (χ2n) is 8.99. The lowest BCUT2D eigenvalue weighted by molar-refractivity contribution is -0.0928. The second-order valence-corrected chi connectivity index (χ2v) is 9.91. The molecule has 1 aromatic rings. The molecule has 2 aliphatic heterocycles. The van der Waals surface area contributed by atoms with Crippen LogP contribution in [0.4, 0.5) is 9.18 Å². The monoisotopic (exact) mass is 470 g/mol. The number of hydrogen-bond acceptors (Lipinski definition) is 4. The molecule has 1 aromatic carbocycles. The van der Waals surface area contributed by atoms with E-state index in [0.29, 0.717) is 32.3 Å². The van der Waals surface area contributed by atoms with Crippen LogP contribution in [-0.4, -0.2) is 72.6 Å². The number of hydrogen-bond donors (Lipinski definition) is 0. The number of carbonyl (C=O) groups is 1. The molecular formula is C22H32BrFN2O3. The van der Waals surface area contributed by atoms with Gasteiger partial charge < -0.3 is 14.4 Å². The molecule has 0 spiro atoms. The van der Waals surface area contributed by atoms with Gasteiger partial charge in [0.25, 0.3) is 0 Å². The van der Waals surface area contributed by atoms with E-state index in [2.05, 4.69) is 33.0 Å². The van der Waals surface area contributed by atoms with E-state index >= 15 is 0 Å². The Kier molecular flexibility index (Phi) is 7.57. The number of likely N-dealkylation sites (tertiary alicyclic amines) is 1. The number of carbonyl (C=O) groups excluding carboxylic acids is 1. The van der Waals surface area contributed by atoms with Gasteiger partial charge in [-0.3, -0.25) is 4.90 Å². The van der Waals surface area contributed by atoms with Gasteiger partial charge in [0.2, 0.25) is 0 Å². The number of piperidine rings is 1. The Morgan fingerprint density at radius 2 is 1.90 bits per heavy atom. The van der Waals surface area contributed by atoms with Crippen LogP contribution in [0.2, 0.25) is 0 Å². The van der Waals surface area contributed by atoms with E-state index in [1.807, 2.05) is 32.9 Å². The van der Waals surface area contributed by atoms with E-state index in [9.17, 15) is 9.18 Å². The summed E-state index contributed by atoms with van der Waals surface area (Å²) in [6.07, 6.45) is 2.01. The van der Waals surface area contributed by atoms with Crippen LogP contribution in [0.15, 0.2) is 28.7 Å². The predicted molar refractivity (Wildman–Crippen MR) is 115 cm³/mol. The maximum absolute atomic E-state index is 13.3. The molecule has 1 amide bonds. The Labute approximate surface area is 181 Å². The standard InChI is InChI=1S/C22H32BrFN2O3/c1-22(2,3)29-21(27)25-10-8-18(9-11-25)26-14-20(13-24)28-15-19(26)12-16-4-6-17(23)7-5-16/h4-7,18-20H,8-15H2,1-3H3/t19-,20-/m0/s1. The van der Waals surface area contributed by atoms with Gasteiger partial charge in [-0.2, -0.15) is 0 Å². The van der Waals surface area contributed by atoms with Crippen molar-refractivity contribution in [2.75, 3.05) is 32.9 Å². The van der Waals surface area contributed by atoms with Crippen LogP contribution in [0.1, 0.15) is 39.2 Å². The highest BCUT2D eigenvalue weighted by Gasteiger charge is 2.36. The van der Waals surface area contributed by atoms with Crippen LogP contribution in [0.5, 0.6) is 0 Å². The average Bonchev–Trinajstić information content (AvgIpc) is 2.69. The fourth-order valence-corrected chi connectivity index (χ4v) is 4.36. The van der Waals surface area contributed by atoms with E-state index < -0.39 is 12.3 Å². The highest BCUT2D eigenvalue weighted by Crippen LogP contribution is 2.26. The largest absolute Gasteiger partial charge is 0.444 e.